The third-order valence-corrected chi connectivity index (χ3v) is 5.23. The van der Waals surface area contributed by atoms with Crippen LogP contribution < -0.4 is 10.2 Å². The number of carbonyl (C=O) groups excluding carboxylic acids is 1. The van der Waals surface area contributed by atoms with Crippen molar-refractivity contribution < 1.29 is 14.5 Å². The number of hydrogen-bond acceptors (Lipinski definition) is 5. The van der Waals surface area contributed by atoms with Gasteiger partial charge in [0.05, 0.1) is 18.1 Å². The van der Waals surface area contributed by atoms with Crippen molar-refractivity contribution in [1.29, 1.82) is 0 Å². The first-order valence-corrected chi connectivity index (χ1v) is 9.57. The van der Waals surface area contributed by atoms with Gasteiger partial charge in [0.2, 0.25) is 0 Å². The Morgan fingerprint density at radius 1 is 1.12 bits per heavy atom. The van der Waals surface area contributed by atoms with E-state index in [2.05, 4.69) is 5.32 Å². The van der Waals surface area contributed by atoms with Gasteiger partial charge in [-0.3, -0.25) is 14.9 Å². The van der Waals surface area contributed by atoms with Crippen LogP contribution in [0.25, 0.3) is 0 Å². The molecule has 0 aromatic heterocycles. The summed E-state index contributed by atoms with van der Waals surface area (Å²) in [4.78, 5) is 25.7. The number of hydrogen-bond donors (Lipinski definition) is 1. The molecule has 7 nitrogen and oxygen atoms in total. The minimum absolute atomic E-state index is 0.0165. The third kappa shape index (κ3) is 4.72. The van der Waals surface area contributed by atoms with Crippen LogP contribution in [-0.2, 0) is 4.74 Å². The van der Waals surface area contributed by atoms with Gasteiger partial charge in [-0.1, -0.05) is 32.1 Å². The summed E-state index contributed by atoms with van der Waals surface area (Å²) in [5.41, 5.74) is 0.897. The maximum Gasteiger partial charge on any atom is 0.293 e. The first kappa shape index (κ1) is 18.6. The predicted octanol–water partition coefficient (Wildman–Crippen LogP) is 3.27. The second kappa shape index (κ2) is 8.98. The Labute approximate surface area is 153 Å². The van der Waals surface area contributed by atoms with E-state index in [0.717, 1.165) is 25.7 Å². The summed E-state index contributed by atoms with van der Waals surface area (Å²) in [5, 5.41) is 14.6. The smallest absolute Gasteiger partial charge is 0.293 e. The monoisotopic (exact) mass is 361 g/mol. The van der Waals surface area contributed by atoms with Crippen LogP contribution in [0.15, 0.2) is 18.2 Å². The SMILES string of the molecule is O=C(NC1CCCCCCC1)c1ccc(N2CCOCC2)c([N+](=O)[O-])c1. The Balaban J connectivity index is 1.73. The molecular weight excluding hydrogens is 334 g/mol. The molecule has 0 bridgehead atoms. The molecule has 0 unspecified atom stereocenters. The van der Waals surface area contributed by atoms with Gasteiger partial charge in [0.15, 0.2) is 0 Å². The normalized spacial score (nSPS) is 19.5. The summed E-state index contributed by atoms with van der Waals surface area (Å²) in [5.74, 6) is -0.216. The van der Waals surface area contributed by atoms with Crippen molar-refractivity contribution in [2.45, 2.75) is 51.0 Å². The van der Waals surface area contributed by atoms with Gasteiger partial charge in [-0.2, -0.15) is 0 Å². The predicted molar refractivity (Wildman–Crippen MR) is 99.7 cm³/mol. The molecule has 1 heterocycles. The molecule has 142 valence electrons. The maximum absolute atomic E-state index is 12.6. The Morgan fingerprint density at radius 2 is 1.77 bits per heavy atom. The molecule has 0 atom stereocenters. The number of nitro groups is 1. The number of benzene rings is 1. The molecule has 1 amide bonds. The Bertz CT molecular complexity index is 636. The molecule has 1 aliphatic heterocycles. The number of amides is 1. The van der Waals surface area contributed by atoms with E-state index in [1.165, 1.54) is 25.3 Å². The van der Waals surface area contributed by atoms with Crippen molar-refractivity contribution in [3.63, 3.8) is 0 Å². The molecule has 1 saturated carbocycles. The standard InChI is InChI=1S/C19H27N3O4/c23-19(20-16-6-4-2-1-3-5-7-16)15-8-9-17(18(14-15)22(24)25)21-10-12-26-13-11-21/h8-9,14,16H,1-7,10-13H2,(H,20,23). The van der Waals surface area contributed by atoms with Crippen molar-refractivity contribution >= 4 is 17.3 Å². The fourth-order valence-electron chi connectivity index (χ4n) is 3.75. The first-order chi connectivity index (χ1) is 12.6. The summed E-state index contributed by atoms with van der Waals surface area (Å²) < 4.78 is 5.31. The zero-order valence-electron chi connectivity index (χ0n) is 15.1. The van der Waals surface area contributed by atoms with E-state index in [4.69, 9.17) is 4.74 Å². The molecule has 1 aromatic carbocycles. The highest BCUT2D eigenvalue weighted by Crippen LogP contribution is 2.30. The Kier molecular flexibility index (Phi) is 6.44. The van der Waals surface area contributed by atoms with Crippen molar-refractivity contribution in [1.82, 2.24) is 5.32 Å². The van der Waals surface area contributed by atoms with E-state index in [1.807, 2.05) is 4.90 Å². The molecule has 1 aromatic rings. The van der Waals surface area contributed by atoms with Crippen LogP contribution in [0.5, 0.6) is 0 Å². The number of carbonyl (C=O) groups is 1. The highest BCUT2D eigenvalue weighted by Gasteiger charge is 2.24. The quantitative estimate of drug-likeness (QED) is 0.657. The summed E-state index contributed by atoms with van der Waals surface area (Å²) in [6.45, 7) is 2.35. The van der Waals surface area contributed by atoms with Gasteiger partial charge >= 0.3 is 0 Å². The van der Waals surface area contributed by atoms with Crippen LogP contribution in [0.3, 0.4) is 0 Å². The second-order valence-electron chi connectivity index (χ2n) is 7.08. The van der Waals surface area contributed by atoms with Crippen molar-refractivity contribution in [2.75, 3.05) is 31.2 Å². The Morgan fingerprint density at radius 3 is 2.42 bits per heavy atom. The van der Waals surface area contributed by atoms with Crippen molar-refractivity contribution in [3.8, 4) is 0 Å². The van der Waals surface area contributed by atoms with Gasteiger partial charge in [-0.05, 0) is 25.0 Å². The summed E-state index contributed by atoms with van der Waals surface area (Å²) >= 11 is 0. The van der Waals surface area contributed by atoms with Gasteiger partial charge in [0.25, 0.3) is 11.6 Å². The number of ether oxygens (including phenoxy) is 1. The fraction of sp³-hybridized carbons (Fsp3) is 0.632. The molecule has 0 radical (unpaired) electrons. The molecule has 26 heavy (non-hydrogen) atoms. The lowest BCUT2D eigenvalue weighted by Crippen LogP contribution is -2.37. The zero-order valence-corrected chi connectivity index (χ0v) is 15.1. The highest BCUT2D eigenvalue weighted by molar-refractivity contribution is 5.96. The summed E-state index contributed by atoms with van der Waals surface area (Å²) in [7, 11) is 0. The van der Waals surface area contributed by atoms with E-state index in [0.29, 0.717) is 37.6 Å². The lowest BCUT2D eigenvalue weighted by atomic mass is 9.96. The minimum Gasteiger partial charge on any atom is -0.378 e. The number of nitrogens with zero attached hydrogens (tertiary/aromatic N) is 2. The molecule has 1 saturated heterocycles. The van der Waals surface area contributed by atoms with Crippen LogP contribution in [0.2, 0.25) is 0 Å². The van der Waals surface area contributed by atoms with E-state index in [1.54, 1.807) is 12.1 Å². The van der Waals surface area contributed by atoms with Gasteiger partial charge in [0, 0.05) is 30.8 Å². The number of anilines is 1. The average molecular weight is 361 g/mol. The van der Waals surface area contributed by atoms with Crippen LogP contribution in [0, 0.1) is 10.1 Å². The van der Waals surface area contributed by atoms with Gasteiger partial charge in [0.1, 0.15) is 5.69 Å². The van der Waals surface area contributed by atoms with E-state index in [-0.39, 0.29) is 17.6 Å². The second-order valence-corrected chi connectivity index (χ2v) is 7.08. The van der Waals surface area contributed by atoms with Crippen LogP contribution in [0.1, 0.15) is 55.3 Å². The zero-order chi connectivity index (χ0) is 18.4. The largest absolute Gasteiger partial charge is 0.378 e. The Hall–Kier alpha value is -2.15. The lowest BCUT2D eigenvalue weighted by Gasteiger charge is -2.28. The minimum atomic E-state index is -0.405. The molecule has 1 N–H and O–H groups in total. The molecule has 7 heteroatoms. The van der Waals surface area contributed by atoms with Crippen LogP contribution >= 0.6 is 0 Å². The molecule has 0 spiro atoms. The molecule has 3 rings (SSSR count). The molecule has 2 aliphatic rings. The average Bonchev–Trinajstić information content (AvgIpc) is 2.64. The first-order valence-electron chi connectivity index (χ1n) is 9.57. The highest BCUT2D eigenvalue weighted by atomic mass is 16.6. The van der Waals surface area contributed by atoms with Crippen molar-refractivity contribution in [2.24, 2.45) is 0 Å². The maximum atomic E-state index is 12.6. The van der Waals surface area contributed by atoms with Gasteiger partial charge in [-0.25, -0.2) is 0 Å². The van der Waals surface area contributed by atoms with Crippen LogP contribution in [0.4, 0.5) is 11.4 Å². The number of morpholine rings is 1. The number of rotatable bonds is 4. The van der Waals surface area contributed by atoms with Gasteiger partial charge in [-0.15, -0.1) is 0 Å². The third-order valence-electron chi connectivity index (χ3n) is 5.23. The molecular formula is C19H27N3O4. The van der Waals surface area contributed by atoms with E-state index in [9.17, 15) is 14.9 Å². The van der Waals surface area contributed by atoms with Gasteiger partial charge < -0.3 is 15.0 Å². The fourth-order valence-corrected chi connectivity index (χ4v) is 3.75. The molecule has 1 aliphatic carbocycles. The summed E-state index contributed by atoms with van der Waals surface area (Å²) in [6, 6.07) is 4.95. The lowest BCUT2D eigenvalue weighted by molar-refractivity contribution is -0.384. The summed E-state index contributed by atoms with van der Waals surface area (Å²) in [6.07, 6.45) is 7.93. The van der Waals surface area contributed by atoms with E-state index >= 15 is 0 Å². The van der Waals surface area contributed by atoms with Crippen LogP contribution in [-0.4, -0.2) is 43.2 Å². The number of nitrogens with one attached hydrogen (secondary N) is 1. The van der Waals surface area contributed by atoms with E-state index < -0.39 is 4.92 Å². The van der Waals surface area contributed by atoms with Crippen molar-refractivity contribution in [3.05, 3.63) is 33.9 Å². The molecule has 2 fully saturated rings. The topological polar surface area (TPSA) is 84.7 Å². The number of nitro benzene ring substituents is 1.